The quantitative estimate of drug-likeness (QED) is 0.803. The van der Waals surface area contributed by atoms with Crippen LogP contribution in [0.1, 0.15) is 18.6 Å². The Morgan fingerprint density at radius 1 is 1.38 bits per heavy atom. The minimum Gasteiger partial charge on any atom is -0.390 e. The highest BCUT2D eigenvalue weighted by molar-refractivity contribution is 5.91. The molecule has 8 heteroatoms. The van der Waals surface area contributed by atoms with Crippen molar-refractivity contribution in [3.8, 4) is 0 Å². The van der Waals surface area contributed by atoms with E-state index >= 15 is 0 Å². The van der Waals surface area contributed by atoms with Gasteiger partial charge in [-0.15, -0.1) is 0 Å². The average Bonchev–Trinajstić information content (AvgIpc) is 2.86. The molecular formula is C16H26N4O4. The van der Waals surface area contributed by atoms with Gasteiger partial charge in [-0.3, -0.25) is 14.6 Å². The largest absolute Gasteiger partial charge is 0.390 e. The summed E-state index contributed by atoms with van der Waals surface area (Å²) in [4.78, 5) is 16.5. The molecule has 2 aliphatic rings. The van der Waals surface area contributed by atoms with Gasteiger partial charge in [0.25, 0.3) is 0 Å². The van der Waals surface area contributed by atoms with Gasteiger partial charge >= 0.3 is 0 Å². The van der Waals surface area contributed by atoms with Crippen LogP contribution in [0.15, 0.2) is 10.6 Å². The van der Waals surface area contributed by atoms with Crippen molar-refractivity contribution in [2.45, 2.75) is 31.9 Å². The molecule has 0 spiro atoms. The van der Waals surface area contributed by atoms with Crippen molar-refractivity contribution in [3.05, 3.63) is 11.8 Å². The van der Waals surface area contributed by atoms with Crippen LogP contribution in [0.2, 0.25) is 0 Å². The number of hydrogen-bond donors (Lipinski definition) is 2. The maximum absolute atomic E-state index is 12.1. The number of aryl methyl sites for hydroxylation is 1. The van der Waals surface area contributed by atoms with E-state index in [1.807, 2.05) is 4.90 Å². The Labute approximate surface area is 141 Å². The molecule has 1 aromatic rings. The van der Waals surface area contributed by atoms with E-state index in [-0.39, 0.29) is 12.5 Å². The second kappa shape index (κ2) is 8.06. The number of carbonyl (C=O) groups excluding carboxylic acids is 1. The summed E-state index contributed by atoms with van der Waals surface area (Å²) < 4.78 is 10.4. The van der Waals surface area contributed by atoms with Crippen molar-refractivity contribution in [2.75, 3.05) is 51.3 Å². The predicted molar refractivity (Wildman–Crippen MR) is 87.7 cm³/mol. The van der Waals surface area contributed by atoms with Crippen LogP contribution in [0.4, 0.5) is 5.82 Å². The molecule has 1 atom stereocenters. The minimum absolute atomic E-state index is 0.144. The topological polar surface area (TPSA) is 91.1 Å². The maximum Gasteiger partial charge on any atom is 0.239 e. The van der Waals surface area contributed by atoms with Crippen molar-refractivity contribution in [3.63, 3.8) is 0 Å². The van der Waals surface area contributed by atoms with Crippen LogP contribution in [-0.4, -0.2) is 84.1 Å². The van der Waals surface area contributed by atoms with Crippen molar-refractivity contribution >= 4 is 11.7 Å². The van der Waals surface area contributed by atoms with Crippen LogP contribution in [0, 0.1) is 6.92 Å². The molecule has 2 N–H and O–H groups in total. The van der Waals surface area contributed by atoms with Crippen molar-refractivity contribution in [1.82, 2.24) is 15.0 Å². The van der Waals surface area contributed by atoms with E-state index in [4.69, 9.17) is 9.26 Å². The number of β-amino-alcohol motifs (C(OH)–C–C–N with tert-alkyl or cyclic N) is 1. The molecule has 2 saturated heterocycles. The molecule has 24 heavy (non-hydrogen) atoms. The smallest absolute Gasteiger partial charge is 0.239 e. The first-order valence-corrected chi connectivity index (χ1v) is 8.55. The lowest BCUT2D eigenvalue weighted by Crippen LogP contribution is -2.43. The van der Waals surface area contributed by atoms with Crippen molar-refractivity contribution < 1.29 is 19.2 Å². The molecule has 1 unspecified atom stereocenters. The highest BCUT2D eigenvalue weighted by Crippen LogP contribution is 2.17. The molecule has 1 aromatic heterocycles. The zero-order valence-electron chi connectivity index (χ0n) is 14.1. The standard InChI is InChI=1S/C16H26N4O4/c1-12-8-15(18-24-12)17-16(22)11-19-4-5-20(10-14(21)9-19)13-2-6-23-7-3-13/h8,13-14,21H,2-7,9-11H2,1H3,(H,17,18,22). The van der Waals surface area contributed by atoms with E-state index in [1.54, 1.807) is 13.0 Å². The van der Waals surface area contributed by atoms with Gasteiger partial charge in [-0.1, -0.05) is 5.16 Å². The van der Waals surface area contributed by atoms with E-state index < -0.39 is 6.10 Å². The van der Waals surface area contributed by atoms with Gasteiger partial charge in [-0.25, -0.2) is 0 Å². The maximum atomic E-state index is 12.1. The molecule has 2 aliphatic heterocycles. The molecule has 0 radical (unpaired) electrons. The van der Waals surface area contributed by atoms with Gasteiger partial charge in [-0.2, -0.15) is 0 Å². The molecule has 8 nitrogen and oxygen atoms in total. The molecule has 0 aliphatic carbocycles. The number of ether oxygens (including phenoxy) is 1. The van der Waals surface area contributed by atoms with Crippen LogP contribution < -0.4 is 5.32 Å². The SMILES string of the molecule is Cc1cc(NC(=O)CN2CCN(C3CCOCC3)CC(O)C2)no1. The molecule has 2 fully saturated rings. The first-order chi connectivity index (χ1) is 11.6. The number of aliphatic hydroxyl groups excluding tert-OH is 1. The Kier molecular flexibility index (Phi) is 5.83. The van der Waals surface area contributed by atoms with Gasteiger partial charge in [0, 0.05) is 51.5 Å². The Balaban J connectivity index is 1.50. The molecule has 134 valence electrons. The lowest BCUT2D eigenvalue weighted by molar-refractivity contribution is -0.117. The summed E-state index contributed by atoms with van der Waals surface area (Å²) in [5, 5.41) is 16.8. The molecule has 0 bridgehead atoms. The van der Waals surface area contributed by atoms with Gasteiger partial charge in [0.1, 0.15) is 5.76 Å². The molecule has 0 saturated carbocycles. The van der Waals surface area contributed by atoms with Gasteiger partial charge in [0.05, 0.1) is 12.6 Å². The number of nitrogens with zero attached hydrogens (tertiary/aromatic N) is 3. The Morgan fingerprint density at radius 2 is 2.17 bits per heavy atom. The molecule has 1 amide bonds. The van der Waals surface area contributed by atoms with Crippen molar-refractivity contribution in [1.29, 1.82) is 0 Å². The Bertz CT molecular complexity index is 544. The van der Waals surface area contributed by atoms with Gasteiger partial charge in [0.15, 0.2) is 5.82 Å². The molecular weight excluding hydrogens is 312 g/mol. The van der Waals surface area contributed by atoms with E-state index in [2.05, 4.69) is 15.4 Å². The highest BCUT2D eigenvalue weighted by atomic mass is 16.5. The zero-order chi connectivity index (χ0) is 16.9. The summed E-state index contributed by atoms with van der Waals surface area (Å²) in [7, 11) is 0. The fourth-order valence-corrected chi connectivity index (χ4v) is 3.42. The number of carbonyl (C=O) groups is 1. The van der Waals surface area contributed by atoms with E-state index in [0.717, 1.165) is 39.1 Å². The minimum atomic E-state index is -0.447. The number of aliphatic hydroxyl groups is 1. The normalized spacial score (nSPS) is 24.7. The monoisotopic (exact) mass is 338 g/mol. The number of rotatable bonds is 4. The number of anilines is 1. The fraction of sp³-hybridized carbons (Fsp3) is 0.750. The third-order valence-corrected chi connectivity index (χ3v) is 4.59. The van der Waals surface area contributed by atoms with Crippen LogP contribution in [0.25, 0.3) is 0 Å². The summed E-state index contributed by atoms with van der Waals surface area (Å²) in [6.45, 7) is 6.39. The number of amides is 1. The predicted octanol–water partition coefficient (Wildman–Crippen LogP) is 0.0790. The number of nitrogens with one attached hydrogen (secondary N) is 1. The summed E-state index contributed by atoms with van der Waals surface area (Å²) in [6, 6.07) is 2.16. The summed E-state index contributed by atoms with van der Waals surface area (Å²) in [5.41, 5.74) is 0. The van der Waals surface area contributed by atoms with Crippen LogP contribution in [0.5, 0.6) is 0 Å². The van der Waals surface area contributed by atoms with Crippen molar-refractivity contribution in [2.24, 2.45) is 0 Å². The second-order valence-electron chi connectivity index (χ2n) is 6.60. The molecule has 3 rings (SSSR count). The van der Waals surface area contributed by atoms with Gasteiger partial charge in [-0.05, 0) is 19.8 Å². The lowest BCUT2D eigenvalue weighted by atomic mass is 10.1. The average molecular weight is 338 g/mol. The highest BCUT2D eigenvalue weighted by Gasteiger charge is 2.28. The fourth-order valence-electron chi connectivity index (χ4n) is 3.42. The molecule has 3 heterocycles. The second-order valence-corrected chi connectivity index (χ2v) is 6.60. The van der Waals surface area contributed by atoms with E-state index in [0.29, 0.717) is 30.7 Å². The van der Waals surface area contributed by atoms with Crippen LogP contribution >= 0.6 is 0 Å². The van der Waals surface area contributed by atoms with Gasteiger partial charge < -0.3 is 19.7 Å². The number of hydrogen-bond acceptors (Lipinski definition) is 7. The van der Waals surface area contributed by atoms with E-state index in [9.17, 15) is 9.90 Å². The number of aromatic nitrogens is 1. The summed E-state index contributed by atoms with van der Waals surface area (Å²) in [5.74, 6) is 0.939. The Hall–Kier alpha value is -1.48. The summed E-state index contributed by atoms with van der Waals surface area (Å²) in [6.07, 6.45) is 1.58. The van der Waals surface area contributed by atoms with Crippen LogP contribution in [-0.2, 0) is 9.53 Å². The third kappa shape index (κ3) is 4.76. The van der Waals surface area contributed by atoms with Crippen LogP contribution in [0.3, 0.4) is 0 Å². The Morgan fingerprint density at radius 3 is 2.88 bits per heavy atom. The lowest BCUT2D eigenvalue weighted by Gasteiger charge is -2.33. The van der Waals surface area contributed by atoms with E-state index in [1.165, 1.54) is 0 Å². The third-order valence-electron chi connectivity index (χ3n) is 4.59. The first-order valence-electron chi connectivity index (χ1n) is 8.55. The summed E-state index contributed by atoms with van der Waals surface area (Å²) >= 11 is 0. The zero-order valence-corrected chi connectivity index (χ0v) is 14.1. The van der Waals surface area contributed by atoms with Gasteiger partial charge in [0.2, 0.25) is 5.91 Å². The first kappa shape index (κ1) is 17.3. The molecule has 0 aromatic carbocycles.